The van der Waals surface area contributed by atoms with Gasteiger partial charge in [0.15, 0.2) is 0 Å². The molecule has 8 aromatic carbocycles. The van der Waals surface area contributed by atoms with Crippen molar-refractivity contribution in [2.24, 2.45) is 0 Å². The van der Waals surface area contributed by atoms with Crippen LogP contribution < -0.4 is 0 Å². The molecule has 0 saturated carbocycles. The van der Waals surface area contributed by atoms with Gasteiger partial charge in [0, 0.05) is 28.3 Å². The van der Waals surface area contributed by atoms with Gasteiger partial charge in [0.25, 0.3) is 0 Å². The summed E-state index contributed by atoms with van der Waals surface area (Å²) in [5.41, 5.74) is 16.0. The third-order valence-corrected chi connectivity index (χ3v) is 11.9. The number of phenols is 1. The Morgan fingerprint density at radius 2 is 1.02 bits per heavy atom. The number of hydrogen-bond acceptors (Lipinski definition) is 3. The van der Waals surface area contributed by atoms with Crippen molar-refractivity contribution in [1.82, 2.24) is 14.5 Å². The van der Waals surface area contributed by atoms with Gasteiger partial charge in [-0.05, 0) is 99.1 Å². The first-order chi connectivity index (χ1) is 29.9. The van der Waals surface area contributed by atoms with Crippen LogP contribution in [0, 0.1) is 0 Å². The molecule has 4 heteroatoms. The Morgan fingerprint density at radius 3 is 1.70 bits per heavy atom. The summed E-state index contributed by atoms with van der Waals surface area (Å²) < 4.78 is 2.22. The summed E-state index contributed by atoms with van der Waals surface area (Å²) in [4.78, 5) is 10.5. The van der Waals surface area contributed by atoms with E-state index < -0.39 is 0 Å². The molecule has 292 valence electrons. The molecule has 0 aliphatic rings. The largest absolute Gasteiger partial charge is 0.507 e. The lowest BCUT2D eigenvalue weighted by Gasteiger charge is -2.27. The minimum Gasteiger partial charge on any atom is -0.507 e. The van der Waals surface area contributed by atoms with E-state index in [9.17, 15) is 5.11 Å². The lowest BCUT2D eigenvalue weighted by molar-refractivity contribution is 0.477. The molecule has 1 N–H and O–H groups in total. The van der Waals surface area contributed by atoms with E-state index in [-0.39, 0.29) is 11.2 Å². The Labute approximate surface area is 356 Å². The second-order valence-electron chi connectivity index (χ2n) is 16.0. The van der Waals surface area contributed by atoms with Crippen molar-refractivity contribution in [2.75, 3.05) is 0 Å². The van der Waals surface area contributed by atoms with Crippen molar-refractivity contribution >= 4 is 11.0 Å². The van der Waals surface area contributed by atoms with Gasteiger partial charge in [-0.2, -0.15) is 0 Å². The van der Waals surface area contributed by atoms with Gasteiger partial charge >= 0.3 is 0 Å². The highest BCUT2D eigenvalue weighted by molar-refractivity contribution is 5.98. The van der Waals surface area contributed by atoms with E-state index in [1.54, 1.807) is 6.07 Å². The monoisotopic (exact) mass is 785 g/mol. The van der Waals surface area contributed by atoms with Crippen LogP contribution >= 0.6 is 0 Å². The van der Waals surface area contributed by atoms with E-state index in [1.807, 2.05) is 42.6 Å². The Bertz CT molecular complexity index is 3150. The highest BCUT2D eigenvalue weighted by Crippen LogP contribution is 2.43. The summed E-state index contributed by atoms with van der Waals surface area (Å²) in [5, 5.41) is 11.5. The molecule has 2 aromatic heterocycles. The van der Waals surface area contributed by atoms with Crippen LogP contribution in [0.25, 0.3) is 83.9 Å². The predicted molar refractivity (Wildman–Crippen MR) is 252 cm³/mol. The summed E-state index contributed by atoms with van der Waals surface area (Å²) in [7, 11) is 0. The molecule has 4 nitrogen and oxygen atoms in total. The van der Waals surface area contributed by atoms with E-state index in [1.165, 1.54) is 11.1 Å². The molecular weight excluding hydrogens is 743 g/mol. The average molecular weight is 786 g/mol. The van der Waals surface area contributed by atoms with Gasteiger partial charge in [0.2, 0.25) is 0 Å². The van der Waals surface area contributed by atoms with Gasteiger partial charge in [0.1, 0.15) is 11.6 Å². The first-order valence-corrected chi connectivity index (χ1v) is 20.7. The summed E-state index contributed by atoms with van der Waals surface area (Å²) in [6.07, 6.45) is 1.90. The minimum absolute atomic E-state index is 0.168. The number of aromatic nitrogens is 3. The fraction of sp³-hybridized carbons (Fsp3) is 0.0526. The number of pyridine rings is 1. The number of rotatable bonds is 9. The second kappa shape index (κ2) is 15.7. The first kappa shape index (κ1) is 37.5. The van der Waals surface area contributed by atoms with E-state index in [2.05, 4.69) is 188 Å². The maximum absolute atomic E-state index is 11.5. The van der Waals surface area contributed by atoms with Gasteiger partial charge in [-0.3, -0.25) is 9.55 Å². The lowest BCUT2D eigenvalue weighted by Crippen LogP contribution is -2.19. The molecule has 0 aliphatic carbocycles. The van der Waals surface area contributed by atoms with Crippen LogP contribution in [0.2, 0.25) is 0 Å². The maximum atomic E-state index is 11.5. The van der Waals surface area contributed by atoms with E-state index in [0.29, 0.717) is 11.4 Å². The fourth-order valence-electron chi connectivity index (χ4n) is 8.52. The van der Waals surface area contributed by atoms with Crippen LogP contribution in [0.5, 0.6) is 5.75 Å². The highest BCUT2D eigenvalue weighted by Gasteiger charge is 2.27. The van der Waals surface area contributed by atoms with Gasteiger partial charge in [0.05, 0.1) is 28.0 Å². The van der Waals surface area contributed by atoms with Crippen LogP contribution in [-0.2, 0) is 5.41 Å². The third-order valence-electron chi connectivity index (χ3n) is 11.9. The summed E-state index contributed by atoms with van der Waals surface area (Å²) in [5.74, 6) is 0.824. The molecule has 61 heavy (non-hydrogen) atoms. The molecule has 0 spiro atoms. The van der Waals surface area contributed by atoms with Crippen molar-refractivity contribution in [3.63, 3.8) is 0 Å². The van der Waals surface area contributed by atoms with Crippen LogP contribution in [-0.4, -0.2) is 19.6 Å². The van der Waals surface area contributed by atoms with Crippen molar-refractivity contribution < 1.29 is 5.11 Å². The molecule has 0 fully saturated rings. The number of nitrogens with zero attached hydrogens (tertiary/aromatic N) is 3. The fourth-order valence-corrected chi connectivity index (χ4v) is 8.52. The smallest absolute Gasteiger partial charge is 0.149 e. The molecule has 0 radical (unpaired) electrons. The van der Waals surface area contributed by atoms with Crippen molar-refractivity contribution in [1.29, 1.82) is 0 Å². The molecule has 0 bridgehead atoms. The van der Waals surface area contributed by atoms with Crippen LogP contribution in [0.15, 0.2) is 219 Å². The summed E-state index contributed by atoms with van der Waals surface area (Å²) in [6, 6.07) is 73.8. The number of benzene rings is 8. The molecular formula is C57H43N3O. The Kier molecular flexibility index (Phi) is 9.66. The molecule has 10 rings (SSSR count). The van der Waals surface area contributed by atoms with Crippen LogP contribution in [0.1, 0.15) is 25.0 Å². The zero-order chi connectivity index (χ0) is 41.3. The van der Waals surface area contributed by atoms with Gasteiger partial charge in [-0.25, -0.2) is 4.98 Å². The van der Waals surface area contributed by atoms with Crippen LogP contribution in [0.3, 0.4) is 0 Å². The standard InChI is InChI=1S/C57H43N3O/c1-57(2,46-24-13-6-14-25-46)47-35-44(34-45(36-47)51-38-43(32-33-58-51)40-20-9-4-10-21-40)48-27-17-28-53-55(48)59-56(49-26-15-16-29-54(49)61)60(53)52-31-30-42(39-18-7-3-8-19-39)37-50(52)41-22-11-5-12-23-41/h3-38,61H,1-2H3. The quantitative estimate of drug-likeness (QED) is 0.159. The predicted octanol–water partition coefficient (Wildman–Crippen LogP) is 14.5. The van der Waals surface area contributed by atoms with Crippen molar-refractivity contribution in [3.8, 4) is 78.6 Å². The van der Waals surface area contributed by atoms with Gasteiger partial charge < -0.3 is 5.11 Å². The second-order valence-corrected chi connectivity index (χ2v) is 16.0. The number of hydrogen-bond donors (Lipinski definition) is 1. The SMILES string of the molecule is CC(C)(c1ccccc1)c1cc(-c2cc(-c3ccccc3)ccn2)cc(-c2cccc3c2nc(-c2ccccc2O)n3-c2ccc(-c3ccccc3)cc2-c2ccccc2)c1. The van der Waals surface area contributed by atoms with E-state index in [4.69, 9.17) is 9.97 Å². The molecule has 0 unspecified atom stereocenters. The normalized spacial score (nSPS) is 11.5. The number of aromatic hydroxyl groups is 1. The molecule has 10 aromatic rings. The Balaban J connectivity index is 1.23. The molecule has 0 amide bonds. The lowest BCUT2D eigenvalue weighted by atomic mass is 9.76. The molecule has 2 heterocycles. The van der Waals surface area contributed by atoms with Gasteiger partial charge in [-0.1, -0.05) is 172 Å². The highest BCUT2D eigenvalue weighted by atomic mass is 16.3. The Hall–Kier alpha value is -7.82. The zero-order valence-electron chi connectivity index (χ0n) is 34.1. The molecule has 0 aliphatic heterocycles. The zero-order valence-corrected chi connectivity index (χ0v) is 34.1. The summed E-state index contributed by atoms with van der Waals surface area (Å²) >= 11 is 0. The molecule has 0 atom stereocenters. The van der Waals surface area contributed by atoms with Crippen LogP contribution in [0.4, 0.5) is 0 Å². The van der Waals surface area contributed by atoms with Crippen molar-refractivity contribution in [3.05, 3.63) is 230 Å². The Morgan fingerprint density at radius 1 is 0.426 bits per heavy atom. The number of para-hydroxylation sites is 2. The molecule has 0 saturated heterocycles. The summed E-state index contributed by atoms with van der Waals surface area (Å²) in [6.45, 7) is 4.57. The number of imidazole rings is 1. The van der Waals surface area contributed by atoms with E-state index in [0.717, 1.165) is 72.5 Å². The van der Waals surface area contributed by atoms with Crippen molar-refractivity contribution in [2.45, 2.75) is 19.3 Å². The van der Waals surface area contributed by atoms with E-state index >= 15 is 0 Å². The first-order valence-electron chi connectivity index (χ1n) is 20.7. The minimum atomic E-state index is -0.331. The third kappa shape index (κ3) is 7.08. The topological polar surface area (TPSA) is 50.9 Å². The van der Waals surface area contributed by atoms with Gasteiger partial charge in [-0.15, -0.1) is 0 Å². The average Bonchev–Trinajstić information content (AvgIpc) is 3.72. The maximum Gasteiger partial charge on any atom is 0.149 e. The number of fused-ring (bicyclic) bond motifs is 1. The number of phenolic OH excluding ortho intramolecular Hbond substituents is 1.